The van der Waals surface area contributed by atoms with Gasteiger partial charge in [0, 0.05) is 15.7 Å². The first-order valence-electron chi connectivity index (χ1n) is 7.51. The number of carbonyl (C=O) groups is 3. The van der Waals surface area contributed by atoms with E-state index in [1.165, 1.54) is 4.90 Å². The number of hydrogen-bond donors (Lipinski definition) is 2. The van der Waals surface area contributed by atoms with Gasteiger partial charge in [0.25, 0.3) is 5.91 Å². The Labute approximate surface area is 153 Å². The second-order valence-corrected chi connectivity index (χ2v) is 6.59. The van der Waals surface area contributed by atoms with E-state index in [1.807, 2.05) is 6.07 Å². The average Bonchev–Trinajstić information content (AvgIpc) is 3.06. The minimum Gasteiger partial charge on any atom is -0.345 e. The lowest BCUT2D eigenvalue weighted by atomic mass is 10.2. The molecule has 1 aromatic rings. The molecule has 126 valence electrons. The van der Waals surface area contributed by atoms with E-state index >= 15 is 0 Å². The number of nitrogens with one attached hydrogen (secondary N) is 2. The van der Waals surface area contributed by atoms with Crippen molar-refractivity contribution in [2.24, 2.45) is 0 Å². The number of rotatable bonds is 5. The first-order chi connectivity index (χ1) is 11.5. The van der Waals surface area contributed by atoms with Gasteiger partial charge in [-0.05, 0) is 53.6 Å². The highest BCUT2D eigenvalue weighted by molar-refractivity contribution is 14.1. The summed E-state index contributed by atoms with van der Waals surface area (Å²) in [7, 11) is 0. The number of nitriles is 1. The van der Waals surface area contributed by atoms with E-state index in [1.54, 1.807) is 18.2 Å². The predicted octanol–water partition coefficient (Wildman–Crippen LogP) is 0.652. The summed E-state index contributed by atoms with van der Waals surface area (Å²) in [6, 6.07) is 8.67. The molecule has 1 aromatic carbocycles. The molecule has 1 heterocycles. The van der Waals surface area contributed by atoms with Crippen LogP contribution in [-0.2, 0) is 9.59 Å². The van der Waals surface area contributed by atoms with Gasteiger partial charge in [-0.1, -0.05) is 6.07 Å². The van der Waals surface area contributed by atoms with Gasteiger partial charge in [-0.15, -0.1) is 0 Å². The Bertz CT molecular complexity index is 686. The highest BCUT2D eigenvalue weighted by atomic mass is 127. The standard InChI is InChI=1S/C16H17IN4O3/c17-12-4-1-3-11(7-12)16(24)20-9-14(22)19-10-15(23)21-6-2-5-13(21)8-18/h1,3-4,7,13H,2,5-6,9-10H2,(H,19,22)(H,20,24). The normalized spacial score (nSPS) is 16.3. The molecule has 24 heavy (non-hydrogen) atoms. The van der Waals surface area contributed by atoms with Crippen LogP contribution in [0.4, 0.5) is 0 Å². The quantitative estimate of drug-likeness (QED) is 0.657. The minimum absolute atomic E-state index is 0.171. The molecule has 1 atom stereocenters. The van der Waals surface area contributed by atoms with Crippen LogP contribution in [0.15, 0.2) is 24.3 Å². The van der Waals surface area contributed by atoms with Crippen LogP contribution in [0.25, 0.3) is 0 Å². The lowest BCUT2D eigenvalue weighted by Crippen LogP contribution is -2.44. The zero-order valence-electron chi connectivity index (χ0n) is 12.9. The van der Waals surface area contributed by atoms with Crippen molar-refractivity contribution in [1.29, 1.82) is 5.26 Å². The Morgan fingerprint density at radius 2 is 2.08 bits per heavy atom. The van der Waals surface area contributed by atoms with Crippen LogP contribution in [-0.4, -0.2) is 48.3 Å². The summed E-state index contributed by atoms with van der Waals surface area (Å²) in [6.45, 7) is 0.158. The minimum atomic E-state index is -0.449. The summed E-state index contributed by atoms with van der Waals surface area (Å²) in [4.78, 5) is 37.1. The molecule has 3 amide bonds. The van der Waals surface area contributed by atoms with Crippen LogP contribution in [0.3, 0.4) is 0 Å². The predicted molar refractivity (Wildman–Crippen MR) is 94.8 cm³/mol. The molecular weight excluding hydrogens is 423 g/mol. The molecule has 0 aliphatic carbocycles. The zero-order valence-corrected chi connectivity index (χ0v) is 15.1. The van der Waals surface area contributed by atoms with Crippen LogP contribution < -0.4 is 10.6 Å². The summed E-state index contributed by atoms with van der Waals surface area (Å²) in [5.41, 5.74) is 0.472. The number of hydrogen-bond acceptors (Lipinski definition) is 4. The third-order valence-electron chi connectivity index (χ3n) is 3.66. The van der Waals surface area contributed by atoms with Crippen LogP contribution in [0.1, 0.15) is 23.2 Å². The first-order valence-corrected chi connectivity index (χ1v) is 8.58. The summed E-state index contributed by atoms with van der Waals surface area (Å²) in [5, 5.41) is 13.9. The van der Waals surface area contributed by atoms with Crippen LogP contribution in [0.2, 0.25) is 0 Å². The smallest absolute Gasteiger partial charge is 0.251 e. The van der Waals surface area contributed by atoms with Crippen LogP contribution in [0, 0.1) is 14.9 Å². The number of amides is 3. The fourth-order valence-corrected chi connectivity index (χ4v) is 2.97. The maximum atomic E-state index is 12.0. The number of carbonyl (C=O) groups excluding carboxylic acids is 3. The van der Waals surface area contributed by atoms with E-state index in [2.05, 4.69) is 39.3 Å². The van der Waals surface area contributed by atoms with Gasteiger partial charge < -0.3 is 15.5 Å². The van der Waals surface area contributed by atoms with Crippen molar-refractivity contribution >= 4 is 40.3 Å². The largest absolute Gasteiger partial charge is 0.345 e. The van der Waals surface area contributed by atoms with Gasteiger partial charge >= 0.3 is 0 Å². The van der Waals surface area contributed by atoms with E-state index in [0.717, 1.165) is 9.99 Å². The molecule has 2 N–H and O–H groups in total. The SMILES string of the molecule is N#CC1CCCN1C(=O)CNC(=O)CNC(=O)c1cccc(I)c1. The third-order valence-corrected chi connectivity index (χ3v) is 4.33. The maximum absolute atomic E-state index is 12.0. The van der Waals surface area contributed by atoms with Gasteiger partial charge in [0.1, 0.15) is 6.04 Å². The Balaban J connectivity index is 1.74. The molecule has 0 radical (unpaired) electrons. The molecule has 7 nitrogen and oxygen atoms in total. The van der Waals surface area contributed by atoms with Gasteiger partial charge in [-0.25, -0.2) is 0 Å². The lowest BCUT2D eigenvalue weighted by Gasteiger charge is -2.19. The number of halogens is 1. The molecule has 0 saturated carbocycles. The molecule has 0 aromatic heterocycles. The van der Waals surface area contributed by atoms with Crippen molar-refractivity contribution in [2.75, 3.05) is 19.6 Å². The van der Waals surface area contributed by atoms with E-state index in [-0.39, 0.29) is 24.9 Å². The molecule has 2 rings (SSSR count). The van der Waals surface area contributed by atoms with E-state index in [9.17, 15) is 14.4 Å². The molecule has 1 aliphatic heterocycles. The van der Waals surface area contributed by atoms with Gasteiger partial charge in [-0.2, -0.15) is 5.26 Å². The molecule has 0 bridgehead atoms. The summed E-state index contributed by atoms with van der Waals surface area (Å²) in [6.07, 6.45) is 1.46. The zero-order chi connectivity index (χ0) is 17.5. The number of benzene rings is 1. The van der Waals surface area contributed by atoms with Crippen molar-refractivity contribution in [3.63, 3.8) is 0 Å². The Morgan fingerprint density at radius 1 is 1.29 bits per heavy atom. The molecule has 1 unspecified atom stereocenters. The Morgan fingerprint density at radius 3 is 2.79 bits per heavy atom. The summed E-state index contributed by atoms with van der Waals surface area (Å²) in [5.74, 6) is -1.08. The Kier molecular flexibility index (Phi) is 6.54. The highest BCUT2D eigenvalue weighted by Crippen LogP contribution is 2.15. The van der Waals surface area contributed by atoms with Crippen molar-refractivity contribution in [3.8, 4) is 6.07 Å². The van der Waals surface area contributed by atoms with Gasteiger partial charge in [0.15, 0.2) is 0 Å². The maximum Gasteiger partial charge on any atom is 0.251 e. The van der Waals surface area contributed by atoms with Crippen molar-refractivity contribution in [1.82, 2.24) is 15.5 Å². The second-order valence-electron chi connectivity index (χ2n) is 5.34. The van der Waals surface area contributed by atoms with Crippen molar-refractivity contribution in [2.45, 2.75) is 18.9 Å². The lowest BCUT2D eigenvalue weighted by molar-refractivity contribution is -0.132. The second kappa shape index (κ2) is 8.63. The highest BCUT2D eigenvalue weighted by Gasteiger charge is 2.28. The van der Waals surface area contributed by atoms with Crippen LogP contribution in [0.5, 0.6) is 0 Å². The van der Waals surface area contributed by atoms with Crippen molar-refractivity contribution < 1.29 is 14.4 Å². The van der Waals surface area contributed by atoms with E-state index in [0.29, 0.717) is 18.5 Å². The number of likely N-dealkylation sites (tertiary alicyclic amines) is 1. The molecule has 8 heteroatoms. The topological polar surface area (TPSA) is 102 Å². The molecule has 0 spiro atoms. The monoisotopic (exact) mass is 440 g/mol. The average molecular weight is 440 g/mol. The number of nitrogens with zero attached hydrogens (tertiary/aromatic N) is 2. The Hall–Kier alpha value is -2.15. The van der Waals surface area contributed by atoms with Gasteiger partial charge in [0.05, 0.1) is 19.2 Å². The van der Waals surface area contributed by atoms with Crippen molar-refractivity contribution in [3.05, 3.63) is 33.4 Å². The van der Waals surface area contributed by atoms with E-state index in [4.69, 9.17) is 5.26 Å². The molecule has 1 aliphatic rings. The molecule has 1 fully saturated rings. The fourth-order valence-electron chi connectivity index (χ4n) is 2.43. The molecular formula is C16H17IN4O3. The molecule has 1 saturated heterocycles. The van der Waals surface area contributed by atoms with Gasteiger partial charge in [0.2, 0.25) is 11.8 Å². The summed E-state index contributed by atoms with van der Waals surface area (Å²) < 4.78 is 0.924. The first kappa shape index (κ1) is 18.2. The van der Waals surface area contributed by atoms with E-state index < -0.39 is 11.9 Å². The van der Waals surface area contributed by atoms with Crippen LogP contribution >= 0.6 is 22.6 Å². The fraction of sp³-hybridized carbons (Fsp3) is 0.375. The third kappa shape index (κ3) is 4.92. The van der Waals surface area contributed by atoms with Gasteiger partial charge in [-0.3, -0.25) is 14.4 Å². The summed E-state index contributed by atoms with van der Waals surface area (Å²) >= 11 is 2.10.